The van der Waals surface area contributed by atoms with Crippen molar-refractivity contribution in [1.82, 2.24) is 10.3 Å². The van der Waals surface area contributed by atoms with Gasteiger partial charge in [0.25, 0.3) is 0 Å². The van der Waals surface area contributed by atoms with Crippen molar-refractivity contribution in [1.29, 1.82) is 0 Å². The van der Waals surface area contributed by atoms with E-state index in [-0.39, 0.29) is 5.54 Å². The average molecular weight is 244 g/mol. The summed E-state index contributed by atoms with van der Waals surface area (Å²) in [5, 5.41) is 14.6. The van der Waals surface area contributed by atoms with Gasteiger partial charge in [-0.2, -0.15) is 0 Å². The van der Waals surface area contributed by atoms with E-state index in [0.717, 1.165) is 16.5 Å². The Kier molecular flexibility index (Phi) is 3.64. The van der Waals surface area contributed by atoms with Crippen LogP contribution in [0.3, 0.4) is 0 Å². The molecule has 0 bridgehead atoms. The zero-order valence-electron chi connectivity index (χ0n) is 11.1. The van der Waals surface area contributed by atoms with E-state index in [0.29, 0.717) is 6.54 Å². The van der Waals surface area contributed by atoms with Crippen LogP contribution < -0.4 is 5.32 Å². The first-order valence-electron chi connectivity index (χ1n) is 6.24. The molecular weight excluding hydrogens is 224 g/mol. The Morgan fingerprint density at radius 1 is 1.22 bits per heavy atom. The van der Waals surface area contributed by atoms with Crippen LogP contribution in [0.5, 0.6) is 0 Å². The minimum absolute atomic E-state index is 0.00378. The lowest BCUT2D eigenvalue weighted by Gasteiger charge is -2.23. The van der Waals surface area contributed by atoms with Gasteiger partial charge in [0, 0.05) is 23.7 Å². The Morgan fingerprint density at radius 3 is 2.67 bits per heavy atom. The third kappa shape index (κ3) is 3.06. The highest BCUT2D eigenvalue weighted by molar-refractivity contribution is 5.82. The lowest BCUT2D eigenvalue weighted by molar-refractivity contribution is 0.164. The molecule has 1 aromatic heterocycles. The fourth-order valence-electron chi connectivity index (χ4n) is 1.92. The average Bonchev–Trinajstić information content (AvgIpc) is 2.34. The number of hydrogen-bond acceptors (Lipinski definition) is 3. The number of fused-ring (bicyclic) bond motifs is 1. The Balaban J connectivity index is 2.25. The molecule has 96 valence electrons. The number of aliphatic hydroxyl groups excluding tert-OH is 1. The summed E-state index contributed by atoms with van der Waals surface area (Å²) in [6.07, 6.45) is 1.23. The molecule has 0 saturated heterocycles. The number of β-amino-alcohol motifs (C(OH)–C–C–N with tert-alkyl or cyclic N) is 1. The van der Waals surface area contributed by atoms with E-state index in [1.165, 1.54) is 0 Å². The fraction of sp³-hybridized carbons (Fsp3) is 0.400. The van der Waals surface area contributed by atoms with Gasteiger partial charge in [0.2, 0.25) is 0 Å². The monoisotopic (exact) mass is 244 g/mol. The first-order valence-corrected chi connectivity index (χ1v) is 6.24. The Labute approximate surface area is 108 Å². The number of para-hydroxylation sites is 1. The van der Waals surface area contributed by atoms with Crippen LogP contribution in [0.4, 0.5) is 0 Å². The van der Waals surface area contributed by atoms with Gasteiger partial charge in [-0.3, -0.25) is 4.98 Å². The minimum atomic E-state index is -0.517. The van der Waals surface area contributed by atoms with Crippen LogP contribution >= 0.6 is 0 Å². The summed E-state index contributed by atoms with van der Waals surface area (Å²) < 4.78 is 0. The molecule has 3 nitrogen and oxygen atoms in total. The van der Waals surface area contributed by atoms with Crippen molar-refractivity contribution in [3.05, 3.63) is 42.1 Å². The largest absolute Gasteiger partial charge is 0.387 e. The van der Waals surface area contributed by atoms with Crippen LogP contribution in [0, 0.1) is 0 Å². The van der Waals surface area contributed by atoms with Gasteiger partial charge in [0.15, 0.2) is 0 Å². The summed E-state index contributed by atoms with van der Waals surface area (Å²) in [7, 11) is 0. The second-order valence-corrected chi connectivity index (χ2v) is 5.56. The number of nitrogens with zero attached hydrogens (tertiary/aromatic N) is 1. The third-order valence-corrected chi connectivity index (χ3v) is 2.87. The van der Waals surface area contributed by atoms with E-state index in [4.69, 9.17) is 0 Å². The van der Waals surface area contributed by atoms with Gasteiger partial charge in [-0.1, -0.05) is 18.2 Å². The molecule has 2 rings (SSSR count). The van der Waals surface area contributed by atoms with Crippen LogP contribution in [0.25, 0.3) is 10.9 Å². The maximum atomic E-state index is 10.3. The molecule has 2 aromatic rings. The molecule has 3 heteroatoms. The summed E-state index contributed by atoms with van der Waals surface area (Å²) in [5.74, 6) is 0. The predicted molar refractivity (Wildman–Crippen MR) is 74.5 cm³/mol. The van der Waals surface area contributed by atoms with E-state index in [2.05, 4.69) is 31.1 Å². The molecule has 1 aromatic carbocycles. The second kappa shape index (κ2) is 5.04. The highest BCUT2D eigenvalue weighted by Gasteiger charge is 2.15. The molecule has 18 heavy (non-hydrogen) atoms. The molecule has 0 aliphatic heterocycles. The molecule has 1 unspecified atom stereocenters. The van der Waals surface area contributed by atoms with Crippen molar-refractivity contribution >= 4 is 10.9 Å². The smallest absolute Gasteiger partial charge is 0.0921 e. The maximum absolute atomic E-state index is 10.3. The van der Waals surface area contributed by atoms with Crippen molar-refractivity contribution in [3.63, 3.8) is 0 Å². The first-order chi connectivity index (χ1) is 8.47. The normalized spacial score (nSPS) is 13.8. The molecule has 1 heterocycles. The standard InChI is InChI=1S/C15H20N2O/c1-15(2,3)17-10-14(18)12-8-9-16-13-7-5-4-6-11(12)13/h4-9,14,17-18H,10H2,1-3H3. The first kappa shape index (κ1) is 13.0. The molecule has 0 radical (unpaired) electrons. The summed E-state index contributed by atoms with van der Waals surface area (Å²) >= 11 is 0. The molecule has 0 aliphatic rings. The lowest BCUT2D eigenvalue weighted by atomic mass is 10.0. The van der Waals surface area contributed by atoms with Crippen molar-refractivity contribution in [2.75, 3.05) is 6.54 Å². The highest BCUT2D eigenvalue weighted by Crippen LogP contribution is 2.22. The van der Waals surface area contributed by atoms with Crippen molar-refractivity contribution in [3.8, 4) is 0 Å². The van der Waals surface area contributed by atoms with E-state index < -0.39 is 6.10 Å². The van der Waals surface area contributed by atoms with E-state index in [1.807, 2.05) is 30.3 Å². The molecule has 2 N–H and O–H groups in total. The Hall–Kier alpha value is -1.45. The van der Waals surface area contributed by atoms with Crippen molar-refractivity contribution in [2.45, 2.75) is 32.4 Å². The van der Waals surface area contributed by atoms with Gasteiger partial charge in [-0.15, -0.1) is 0 Å². The van der Waals surface area contributed by atoms with Crippen LogP contribution in [0.1, 0.15) is 32.4 Å². The molecule has 0 amide bonds. The van der Waals surface area contributed by atoms with Crippen LogP contribution in [0.2, 0.25) is 0 Å². The van der Waals surface area contributed by atoms with Gasteiger partial charge < -0.3 is 10.4 Å². The number of nitrogens with one attached hydrogen (secondary N) is 1. The Morgan fingerprint density at radius 2 is 1.94 bits per heavy atom. The summed E-state index contributed by atoms with van der Waals surface area (Å²) in [6, 6.07) is 9.77. The molecule has 0 fully saturated rings. The second-order valence-electron chi connectivity index (χ2n) is 5.56. The fourth-order valence-corrected chi connectivity index (χ4v) is 1.92. The minimum Gasteiger partial charge on any atom is -0.387 e. The summed E-state index contributed by atoms with van der Waals surface area (Å²) in [6.45, 7) is 6.80. The van der Waals surface area contributed by atoms with Crippen LogP contribution in [0.15, 0.2) is 36.5 Å². The Bertz CT molecular complexity index is 526. The summed E-state index contributed by atoms with van der Waals surface area (Å²) in [5.41, 5.74) is 1.85. The van der Waals surface area contributed by atoms with Crippen molar-refractivity contribution < 1.29 is 5.11 Å². The van der Waals surface area contributed by atoms with E-state index >= 15 is 0 Å². The number of hydrogen-bond donors (Lipinski definition) is 2. The SMILES string of the molecule is CC(C)(C)NCC(O)c1ccnc2ccccc12. The summed E-state index contributed by atoms with van der Waals surface area (Å²) in [4.78, 5) is 4.30. The van der Waals surface area contributed by atoms with Gasteiger partial charge in [-0.05, 0) is 38.5 Å². The zero-order chi connectivity index (χ0) is 13.2. The highest BCUT2D eigenvalue weighted by atomic mass is 16.3. The van der Waals surface area contributed by atoms with Crippen LogP contribution in [-0.4, -0.2) is 22.2 Å². The van der Waals surface area contributed by atoms with Gasteiger partial charge in [0.1, 0.15) is 0 Å². The van der Waals surface area contributed by atoms with Gasteiger partial charge in [-0.25, -0.2) is 0 Å². The molecule has 0 spiro atoms. The molecule has 0 saturated carbocycles. The topological polar surface area (TPSA) is 45.1 Å². The number of rotatable bonds is 3. The molecule has 1 atom stereocenters. The lowest BCUT2D eigenvalue weighted by Crippen LogP contribution is -2.38. The number of aliphatic hydroxyl groups is 1. The number of aromatic nitrogens is 1. The van der Waals surface area contributed by atoms with E-state index in [9.17, 15) is 5.11 Å². The zero-order valence-corrected chi connectivity index (χ0v) is 11.1. The number of benzene rings is 1. The molecule has 0 aliphatic carbocycles. The quantitative estimate of drug-likeness (QED) is 0.872. The maximum Gasteiger partial charge on any atom is 0.0921 e. The van der Waals surface area contributed by atoms with Crippen LogP contribution in [-0.2, 0) is 0 Å². The van der Waals surface area contributed by atoms with Gasteiger partial charge >= 0.3 is 0 Å². The van der Waals surface area contributed by atoms with Crippen molar-refractivity contribution in [2.24, 2.45) is 0 Å². The molecular formula is C15H20N2O. The van der Waals surface area contributed by atoms with Gasteiger partial charge in [0.05, 0.1) is 11.6 Å². The predicted octanol–water partition coefficient (Wildman–Crippen LogP) is 2.66. The van der Waals surface area contributed by atoms with E-state index in [1.54, 1.807) is 6.20 Å². The number of pyridine rings is 1. The third-order valence-electron chi connectivity index (χ3n) is 2.87.